The lowest BCUT2D eigenvalue weighted by Gasteiger charge is -2.60. The molecule has 1 spiro atoms. The van der Waals surface area contributed by atoms with Gasteiger partial charge in [0.1, 0.15) is 12.2 Å². The molecule has 20 heavy (non-hydrogen) atoms. The third kappa shape index (κ3) is 1.48. The first-order valence-corrected chi connectivity index (χ1v) is 7.34. The van der Waals surface area contributed by atoms with E-state index in [2.05, 4.69) is 33.0 Å². The molecule has 4 nitrogen and oxygen atoms in total. The van der Waals surface area contributed by atoms with E-state index in [1.54, 1.807) is 6.33 Å². The van der Waals surface area contributed by atoms with Gasteiger partial charge in [-0.05, 0) is 48.8 Å². The topological polar surface area (TPSA) is 56.7 Å². The van der Waals surface area contributed by atoms with E-state index in [0.717, 1.165) is 11.5 Å². The lowest BCUT2D eigenvalue weighted by molar-refractivity contribution is -0.0345. The molecule has 0 unspecified atom stereocenters. The summed E-state index contributed by atoms with van der Waals surface area (Å²) in [5, 5.41) is 8.50. The lowest BCUT2D eigenvalue weighted by Crippen LogP contribution is -2.54. The van der Waals surface area contributed by atoms with Crippen LogP contribution in [0.1, 0.15) is 43.5 Å². The van der Waals surface area contributed by atoms with Gasteiger partial charge in [-0.3, -0.25) is 0 Å². The number of nitrogens with two attached hydrogens (primary N) is 1. The molecular weight excluding hydrogens is 248 g/mol. The SMILES string of the molecule is Cn1cnnc1C1(c2cccc(N)c2)CC2(CCC2)C1. The normalized spacial score (nSPS) is 22.2. The van der Waals surface area contributed by atoms with Gasteiger partial charge in [0.15, 0.2) is 0 Å². The summed E-state index contributed by atoms with van der Waals surface area (Å²) in [6.45, 7) is 0. The number of hydrogen-bond acceptors (Lipinski definition) is 3. The first kappa shape index (κ1) is 11.9. The minimum Gasteiger partial charge on any atom is -0.399 e. The summed E-state index contributed by atoms with van der Waals surface area (Å²) in [6, 6.07) is 8.30. The van der Waals surface area contributed by atoms with Crippen LogP contribution in [0.3, 0.4) is 0 Å². The van der Waals surface area contributed by atoms with E-state index in [0.29, 0.717) is 5.41 Å². The van der Waals surface area contributed by atoms with Gasteiger partial charge in [-0.2, -0.15) is 0 Å². The zero-order valence-corrected chi connectivity index (χ0v) is 11.8. The van der Waals surface area contributed by atoms with Gasteiger partial charge < -0.3 is 10.3 Å². The number of aryl methyl sites for hydroxylation is 1. The number of nitrogen functional groups attached to an aromatic ring is 1. The zero-order chi connectivity index (χ0) is 13.8. The van der Waals surface area contributed by atoms with Crippen molar-refractivity contribution in [1.29, 1.82) is 0 Å². The van der Waals surface area contributed by atoms with Gasteiger partial charge in [0.25, 0.3) is 0 Å². The molecule has 2 aliphatic rings. The van der Waals surface area contributed by atoms with Crippen molar-refractivity contribution < 1.29 is 0 Å². The molecule has 0 radical (unpaired) electrons. The summed E-state index contributed by atoms with van der Waals surface area (Å²) in [4.78, 5) is 0. The summed E-state index contributed by atoms with van der Waals surface area (Å²) in [5.74, 6) is 1.08. The predicted molar refractivity (Wildman–Crippen MR) is 78.2 cm³/mol. The first-order valence-electron chi connectivity index (χ1n) is 7.34. The van der Waals surface area contributed by atoms with Crippen LogP contribution in [-0.4, -0.2) is 14.8 Å². The summed E-state index contributed by atoms with van der Waals surface area (Å²) in [7, 11) is 2.04. The average molecular weight is 268 g/mol. The van der Waals surface area contributed by atoms with E-state index < -0.39 is 0 Å². The number of anilines is 1. The molecule has 2 fully saturated rings. The quantitative estimate of drug-likeness (QED) is 0.852. The Morgan fingerprint density at radius 2 is 2.05 bits per heavy atom. The highest BCUT2D eigenvalue weighted by Crippen LogP contribution is 2.66. The highest BCUT2D eigenvalue weighted by Gasteiger charge is 2.60. The Bertz CT molecular complexity index is 646. The second-order valence-corrected chi connectivity index (χ2v) is 6.68. The molecule has 0 saturated heterocycles. The van der Waals surface area contributed by atoms with E-state index >= 15 is 0 Å². The Balaban J connectivity index is 1.81. The Morgan fingerprint density at radius 3 is 2.60 bits per heavy atom. The Morgan fingerprint density at radius 1 is 1.25 bits per heavy atom. The second kappa shape index (κ2) is 3.84. The minimum absolute atomic E-state index is 0.0149. The molecule has 1 aromatic heterocycles. The molecule has 0 atom stereocenters. The van der Waals surface area contributed by atoms with Crippen LogP contribution in [0.4, 0.5) is 5.69 Å². The molecule has 0 amide bonds. The van der Waals surface area contributed by atoms with Crippen LogP contribution >= 0.6 is 0 Å². The smallest absolute Gasteiger partial charge is 0.143 e. The van der Waals surface area contributed by atoms with Gasteiger partial charge in [-0.15, -0.1) is 10.2 Å². The highest BCUT2D eigenvalue weighted by molar-refractivity contribution is 5.48. The molecule has 0 aliphatic heterocycles. The van der Waals surface area contributed by atoms with Crippen LogP contribution in [0.15, 0.2) is 30.6 Å². The molecule has 4 rings (SSSR count). The number of rotatable bonds is 2. The van der Waals surface area contributed by atoms with Crippen LogP contribution in [0.25, 0.3) is 0 Å². The summed E-state index contributed by atoms with van der Waals surface area (Å²) < 4.78 is 2.06. The van der Waals surface area contributed by atoms with E-state index in [4.69, 9.17) is 5.73 Å². The van der Waals surface area contributed by atoms with Crippen molar-refractivity contribution in [2.75, 3.05) is 5.73 Å². The fourth-order valence-corrected chi connectivity index (χ4v) is 4.30. The van der Waals surface area contributed by atoms with Crippen molar-refractivity contribution in [3.63, 3.8) is 0 Å². The second-order valence-electron chi connectivity index (χ2n) is 6.68. The van der Waals surface area contributed by atoms with Gasteiger partial charge >= 0.3 is 0 Å². The average Bonchev–Trinajstić information content (AvgIpc) is 2.74. The van der Waals surface area contributed by atoms with Gasteiger partial charge in [0.05, 0.1) is 5.41 Å². The molecule has 2 saturated carbocycles. The van der Waals surface area contributed by atoms with Crippen molar-refractivity contribution in [1.82, 2.24) is 14.8 Å². The maximum atomic E-state index is 6.00. The summed E-state index contributed by atoms with van der Waals surface area (Å²) in [6.07, 6.45) is 8.30. The van der Waals surface area contributed by atoms with E-state index in [1.165, 1.54) is 37.7 Å². The lowest BCUT2D eigenvalue weighted by atomic mass is 9.43. The first-order chi connectivity index (χ1) is 9.64. The third-order valence-electron chi connectivity index (χ3n) is 5.35. The summed E-state index contributed by atoms with van der Waals surface area (Å²) in [5.41, 5.74) is 8.71. The van der Waals surface area contributed by atoms with Crippen molar-refractivity contribution >= 4 is 5.69 Å². The maximum Gasteiger partial charge on any atom is 0.143 e. The Kier molecular flexibility index (Phi) is 2.29. The molecule has 1 heterocycles. The molecule has 2 aliphatic carbocycles. The molecule has 2 aromatic rings. The highest BCUT2D eigenvalue weighted by atomic mass is 15.3. The van der Waals surface area contributed by atoms with Crippen LogP contribution in [0, 0.1) is 5.41 Å². The van der Waals surface area contributed by atoms with E-state index in [1.807, 2.05) is 13.1 Å². The molecule has 1 aromatic carbocycles. The van der Waals surface area contributed by atoms with Crippen molar-refractivity contribution in [2.24, 2.45) is 12.5 Å². The van der Waals surface area contributed by atoms with E-state index in [9.17, 15) is 0 Å². The molecular formula is C16H20N4. The standard InChI is InChI=1S/C16H20N4/c1-20-11-18-19-14(20)16(9-15(10-16)6-3-7-15)12-4-2-5-13(17)8-12/h2,4-5,8,11H,3,6-7,9-10,17H2,1H3. The minimum atomic E-state index is 0.0149. The van der Waals surface area contributed by atoms with Gasteiger partial charge in [0.2, 0.25) is 0 Å². The Hall–Kier alpha value is -1.84. The number of hydrogen-bond donors (Lipinski definition) is 1. The van der Waals surface area contributed by atoms with Crippen molar-refractivity contribution in [3.8, 4) is 0 Å². The van der Waals surface area contributed by atoms with Crippen molar-refractivity contribution in [3.05, 3.63) is 42.0 Å². The predicted octanol–water partition coefficient (Wildman–Crippen LogP) is 2.65. The molecule has 2 N–H and O–H groups in total. The van der Waals surface area contributed by atoms with Crippen LogP contribution < -0.4 is 5.73 Å². The molecule has 104 valence electrons. The third-order valence-corrected chi connectivity index (χ3v) is 5.35. The summed E-state index contributed by atoms with van der Waals surface area (Å²) >= 11 is 0. The van der Waals surface area contributed by atoms with Gasteiger partial charge in [-0.25, -0.2) is 0 Å². The van der Waals surface area contributed by atoms with Crippen LogP contribution in [0.5, 0.6) is 0 Å². The monoisotopic (exact) mass is 268 g/mol. The molecule has 0 bridgehead atoms. The Labute approximate surface area is 119 Å². The number of nitrogens with zero attached hydrogens (tertiary/aromatic N) is 3. The fourth-order valence-electron chi connectivity index (χ4n) is 4.30. The van der Waals surface area contributed by atoms with Crippen LogP contribution in [0.2, 0.25) is 0 Å². The largest absolute Gasteiger partial charge is 0.399 e. The fraction of sp³-hybridized carbons (Fsp3) is 0.500. The zero-order valence-electron chi connectivity index (χ0n) is 11.8. The van der Waals surface area contributed by atoms with Gasteiger partial charge in [-0.1, -0.05) is 18.6 Å². The van der Waals surface area contributed by atoms with Crippen LogP contribution in [-0.2, 0) is 12.5 Å². The van der Waals surface area contributed by atoms with Crippen molar-refractivity contribution in [2.45, 2.75) is 37.5 Å². The number of aromatic nitrogens is 3. The number of benzene rings is 1. The van der Waals surface area contributed by atoms with E-state index in [-0.39, 0.29) is 5.41 Å². The van der Waals surface area contributed by atoms with Gasteiger partial charge in [0, 0.05) is 12.7 Å². The molecule has 4 heteroatoms. The maximum absolute atomic E-state index is 6.00.